The van der Waals surface area contributed by atoms with Crippen LogP contribution in [0.5, 0.6) is 0 Å². The molecule has 10 aromatic rings. The van der Waals surface area contributed by atoms with Gasteiger partial charge in [-0.25, -0.2) is 0 Å². The molecule has 10 aromatic carbocycles. The second-order valence-electron chi connectivity index (χ2n) is 18.1. The van der Waals surface area contributed by atoms with Crippen molar-refractivity contribution < 1.29 is 0 Å². The fourth-order valence-corrected chi connectivity index (χ4v) is 13.2. The van der Waals surface area contributed by atoms with Gasteiger partial charge in [-0.15, -0.1) is 0 Å². The molecule has 0 fully saturated rings. The molecule has 0 unspecified atom stereocenters. The Labute approximate surface area is 408 Å². The number of rotatable bonds is 4. The second kappa shape index (κ2) is 15.0. The molecule has 0 radical (unpaired) electrons. The number of halogens is 2. The summed E-state index contributed by atoms with van der Waals surface area (Å²) >= 11 is 8.04. The molecule has 0 atom stereocenters. The van der Waals surface area contributed by atoms with Gasteiger partial charge < -0.3 is 9.80 Å². The maximum atomic E-state index is 4.02. The number of hydrogen-bond donors (Lipinski definition) is 0. The van der Waals surface area contributed by atoms with Crippen LogP contribution in [-0.2, 0) is 5.41 Å². The van der Waals surface area contributed by atoms with Crippen LogP contribution in [0.2, 0.25) is 0 Å². The molecule has 67 heavy (non-hydrogen) atoms. The van der Waals surface area contributed by atoms with Gasteiger partial charge in [0.1, 0.15) is 0 Å². The predicted molar refractivity (Wildman–Crippen MR) is 290 cm³/mol. The highest BCUT2D eigenvalue weighted by molar-refractivity contribution is 9.10. The summed E-state index contributed by atoms with van der Waals surface area (Å²) in [5.41, 5.74) is 24.6. The molecule has 2 heterocycles. The topological polar surface area (TPSA) is 6.48 Å². The standard InChI is InChI=1S/C61H38B2Br2N2/c64-41-29-31-47-45(37-41)57-49(33-35-53-59(57)66(43-21-9-3-10-22-43)55-27-15-13-25-51(55)62(53)39-17-5-1-6-18-39)61(47)48-32-30-42(65)38-46(48)58-50(61)34-36-54-60(58)67(44-23-11-4-12-24-44)56-28-16-14-26-52(56)63(54)40-19-7-2-8-20-40/h1-38H. The van der Waals surface area contributed by atoms with Gasteiger partial charge in [-0.3, -0.25) is 0 Å². The molecule has 0 amide bonds. The molecule has 14 rings (SSSR count). The lowest BCUT2D eigenvalue weighted by Crippen LogP contribution is -2.57. The molecule has 0 aromatic heterocycles. The minimum atomic E-state index is -0.635. The van der Waals surface area contributed by atoms with Crippen LogP contribution in [0.25, 0.3) is 22.3 Å². The third-order valence-electron chi connectivity index (χ3n) is 14.9. The first kappa shape index (κ1) is 39.1. The number of anilines is 6. The lowest BCUT2D eigenvalue weighted by molar-refractivity contribution is 0.793. The van der Waals surface area contributed by atoms with Crippen LogP contribution < -0.4 is 42.6 Å². The highest BCUT2D eigenvalue weighted by atomic mass is 79.9. The predicted octanol–water partition coefficient (Wildman–Crippen LogP) is 12.2. The van der Waals surface area contributed by atoms with Crippen molar-refractivity contribution in [1.29, 1.82) is 0 Å². The Balaban J connectivity index is 1.13. The fourth-order valence-electron chi connectivity index (χ4n) is 12.4. The van der Waals surface area contributed by atoms with Gasteiger partial charge in [0.25, 0.3) is 0 Å². The minimum absolute atomic E-state index is 0.0327. The van der Waals surface area contributed by atoms with Crippen LogP contribution >= 0.6 is 31.9 Å². The maximum absolute atomic E-state index is 4.02. The van der Waals surface area contributed by atoms with E-state index in [2.05, 4.69) is 272 Å². The summed E-state index contributed by atoms with van der Waals surface area (Å²) in [5, 5.41) is 0. The van der Waals surface area contributed by atoms with E-state index in [0.29, 0.717) is 0 Å². The van der Waals surface area contributed by atoms with E-state index in [0.717, 1.165) is 20.3 Å². The number of benzene rings is 10. The Bertz CT molecular complexity index is 3400. The first-order chi connectivity index (χ1) is 33.1. The Morgan fingerprint density at radius 3 is 1.10 bits per heavy atom. The number of hydrogen-bond acceptors (Lipinski definition) is 2. The van der Waals surface area contributed by atoms with E-state index in [1.165, 1.54) is 100 Å². The van der Waals surface area contributed by atoms with Crippen LogP contribution in [0.4, 0.5) is 34.1 Å². The Hall–Kier alpha value is -7.11. The van der Waals surface area contributed by atoms with Gasteiger partial charge in [-0.2, -0.15) is 0 Å². The van der Waals surface area contributed by atoms with E-state index < -0.39 is 5.41 Å². The second-order valence-corrected chi connectivity index (χ2v) is 20.0. The van der Waals surface area contributed by atoms with Gasteiger partial charge in [-0.1, -0.05) is 213 Å². The zero-order valence-electron chi connectivity index (χ0n) is 36.2. The zero-order valence-corrected chi connectivity index (χ0v) is 39.4. The molecule has 0 saturated heterocycles. The molecular weight excluding hydrogens is 942 g/mol. The first-order valence-electron chi connectivity index (χ1n) is 23.0. The average Bonchev–Trinajstić information content (AvgIpc) is 3.84. The Morgan fingerprint density at radius 2 is 0.687 bits per heavy atom. The van der Waals surface area contributed by atoms with Crippen LogP contribution in [-0.4, -0.2) is 13.4 Å². The average molecular weight is 980 g/mol. The first-order valence-corrected chi connectivity index (χ1v) is 24.6. The summed E-state index contributed by atoms with van der Waals surface area (Å²) < 4.78 is 2.12. The van der Waals surface area contributed by atoms with Crippen LogP contribution in [0.1, 0.15) is 22.3 Å². The van der Waals surface area contributed by atoms with E-state index in [1.807, 2.05) is 0 Å². The molecule has 2 aliphatic carbocycles. The molecule has 4 aliphatic rings. The highest BCUT2D eigenvalue weighted by Gasteiger charge is 2.55. The van der Waals surface area contributed by atoms with Crippen molar-refractivity contribution in [1.82, 2.24) is 0 Å². The highest BCUT2D eigenvalue weighted by Crippen LogP contribution is 2.67. The lowest BCUT2D eigenvalue weighted by atomic mass is 9.35. The lowest BCUT2D eigenvalue weighted by Gasteiger charge is -2.40. The minimum Gasteiger partial charge on any atom is -0.311 e. The molecule has 1 spiro atoms. The molecule has 2 nitrogen and oxygen atoms in total. The van der Waals surface area contributed by atoms with Crippen molar-refractivity contribution in [2.75, 3.05) is 9.80 Å². The van der Waals surface area contributed by atoms with E-state index in [9.17, 15) is 0 Å². The van der Waals surface area contributed by atoms with Crippen LogP contribution in [0.3, 0.4) is 0 Å². The fraction of sp³-hybridized carbons (Fsp3) is 0.0164. The van der Waals surface area contributed by atoms with Crippen molar-refractivity contribution >= 4 is 112 Å². The third kappa shape index (κ3) is 5.46. The summed E-state index contributed by atoms with van der Waals surface area (Å²) in [6.45, 7) is 0.0655. The largest absolute Gasteiger partial charge is 0.311 e. The monoisotopic (exact) mass is 978 g/mol. The van der Waals surface area contributed by atoms with E-state index in [4.69, 9.17) is 0 Å². The van der Waals surface area contributed by atoms with Gasteiger partial charge in [-0.05, 0) is 116 Å². The van der Waals surface area contributed by atoms with Gasteiger partial charge in [0.05, 0.1) is 5.41 Å². The zero-order chi connectivity index (χ0) is 44.4. The molecule has 2 aliphatic heterocycles. The smallest absolute Gasteiger partial charge is 0.246 e. The summed E-state index contributed by atoms with van der Waals surface area (Å²) in [6.07, 6.45) is 0. The molecule has 312 valence electrons. The number of fused-ring (bicyclic) bond motifs is 16. The summed E-state index contributed by atoms with van der Waals surface area (Å²) in [7, 11) is 0. The maximum Gasteiger partial charge on any atom is 0.246 e. The molecule has 0 saturated carbocycles. The molecule has 0 N–H and O–H groups in total. The number of para-hydroxylation sites is 4. The quantitative estimate of drug-likeness (QED) is 0.162. The Kier molecular flexibility index (Phi) is 8.72. The van der Waals surface area contributed by atoms with E-state index >= 15 is 0 Å². The van der Waals surface area contributed by atoms with Crippen molar-refractivity contribution in [3.8, 4) is 22.3 Å². The molecule has 0 bridgehead atoms. The SMILES string of the molecule is Brc1ccc2c(c1)-c1c(ccc3c1N(c1ccccc1)c1ccccc1B3c1ccccc1)C21c2ccc(Br)cc2-c2c1ccc1c2N(c2ccccc2)c2ccccc2B1c1ccccc1. The summed E-state index contributed by atoms with van der Waals surface area (Å²) in [5.74, 6) is 0. The van der Waals surface area contributed by atoms with Crippen molar-refractivity contribution in [3.63, 3.8) is 0 Å². The van der Waals surface area contributed by atoms with Crippen LogP contribution in [0.15, 0.2) is 239 Å². The molecule has 6 heteroatoms. The normalized spacial score (nSPS) is 14.1. The van der Waals surface area contributed by atoms with Crippen molar-refractivity contribution in [2.24, 2.45) is 0 Å². The van der Waals surface area contributed by atoms with Gasteiger partial charge in [0, 0.05) is 54.2 Å². The van der Waals surface area contributed by atoms with Gasteiger partial charge >= 0.3 is 0 Å². The van der Waals surface area contributed by atoms with E-state index in [-0.39, 0.29) is 13.4 Å². The van der Waals surface area contributed by atoms with Gasteiger partial charge in [0.2, 0.25) is 13.4 Å². The van der Waals surface area contributed by atoms with Crippen molar-refractivity contribution in [2.45, 2.75) is 5.41 Å². The Morgan fingerprint density at radius 1 is 0.328 bits per heavy atom. The summed E-state index contributed by atoms with van der Waals surface area (Å²) in [6, 6.07) is 86.2. The molecular formula is C61H38B2Br2N2. The van der Waals surface area contributed by atoms with E-state index in [1.54, 1.807) is 0 Å². The van der Waals surface area contributed by atoms with Crippen molar-refractivity contribution in [3.05, 3.63) is 262 Å². The number of nitrogens with zero attached hydrogens (tertiary/aromatic N) is 2. The summed E-state index contributed by atoms with van der Waals surface area (Å²) in [4.78, 5) is 5.10. The third-order valence-corrected chi connectivity index (χ3v) is 15.9. The van der Waals surface area contributed by atoms with Gasteiger partial charge in [0.15, 0.2) is 0 Å². The van der Waals surface area contributed by atoms with Crippen LogP contribution in [0, 0.1) is 0 Å².